The maximum atomic E-state index is 14.3. The fourth-order valence-electron chi connectivity index (χ4n) is 8.72. The molecule has 0 amide bonds. The fourth-order valence-corrected chi connectivity index (χ4v) is 8.72. The van der Waals surface area contributed by atoms with E-state index in [1.807, 2.05) is 32.8 Å². The third-order valence-electron chi connectivity index (χ3n) is 11.7. The summed E-state index contributed by atoms with van der Waals surface area (Å²) >= 11 is 0. The van der Waals surface area contributed by atoms with E-state index in [4.69, 9.17) is 18.9 Å². The molecule has 13 atom stereocenters. The standard InChI is InChI=1S/C37H64N2O9/c1-13-30-37(9,44)28-15-14-27(41)16-17-36(8,19-22(3)39(12)20-21(28)2)33(24(5)31(42)25(6)34(43)47-30)48-35-32(46-26(7)40)29(38(10)11)18-23(4)45-35/h21-25,28-30,32-33,35,44H,13-20H2,1-12H3/t21-,22+,23+,24-,25+,28+,29-,30+,32+,33+,35-,36+,37-/m0/s1. The Hall–Kier alpha value is -1.92. The molecule has 4 fully saturated rings. The minimum Gasteiger partial charge on any atom is -0.459 e. The van der Waals surface area contributed by atoms with Crippen molar-refractivity contribution in [3.63, 3.8) is 0 Å². The van der Waals surface area contributed by atoms with Crippen LogP contribution in [0.5, 0.6) is 0 Å². The molecule has 0 saturated carbocycles. The SMILES string of the molecule is CC[C@H]1OC(=O)[C@H](C)C(=O)[C@H](C)[C@@H](O[C@@H]2O[C@H](C)C[C@H](N(C)C)[C@H]2OC(C)=O)[C@]2(C)CCC(=O)CC[C@H]([C@@H](C)CN(C)[C@H](C)C2)[C@]1(C)O. The highest BCUT2D eigenvalue weighted by molar-refractivity contribution is 6.00. The molecule has 0 aromatic heterocycles. The molecule has 48 heavy (non-hydrogen) atoms. The molecular weight excluding hydrogens is 616 g/mol. The van der Waals surface area contributed by atoms with Gasteiger partial charge in [0.15, 0.2) is 18.2 Å². The monoisotopic (exact) mass is 680 g/mol. The highest BCUT2D eigenvalue weighted by Crippen LogP contribution is 2.44. The van der Waals surface area contributed by atoms with E-state index in [9.17, 15) is 24.3 Å². The summed E-state index contributed by atoms with van der Waals surface area (Å²) in [5.41, 5.74) is -2.14. The van der Waals surface area contributed by atoms with Crippen molar-refractivity contribution in [2.75, 3.05) is 27.7 Å². The molecule has 0 unspecified atom stereocenters. The van der Waals surface area contributed by atoms with E-state index in [0.717, 1.165) is 0 Å². The quantitative estimate of drug-likeness (QED) is 0.327. The van der Waals surface area contributed by atoms with Crippen LogP contribution < -0.4 is 0 Å². The highest BCUT2D eigenvalue weighted by atomic mass is 16.7. The van der Waals surface area contributed by atoms with Gasteiger partial charge in [0.1, 0.15) is 23.4 Å². The predicted octanol–water partition coefficient (Wildman–Crippen LogP) is 4.41. The van der Waals surface area contributed by atoms with Crippen molar-refractivity contribution in [3.05, 3.63) is 0 Å². The lowest BCUT2D eigenvalue weighted by atomic mass is 9.68. The Morgan fingerprint density at radius 1 is 1.08 bits per heavy atom. The number of carbonyl (C=O) groups is 4. The van der Waals surface area contributed by atoms with Crippen LogP contribution in [0.4, 0.5) is 0 Å². The molecule has 2 bridgehead atoms. The molecule has 276 valence electrons. The Morgan fingerprint density at radius 3 is 2.31 bits per heavy atom. The van der Waals surface area contributed by atoms with E-state index in [1.54, 1.807) is 20.8 Å². The molecule has 11 heteroatoms. The Labute approximate surface area is 288 Å². The predicted molar refractivity (Wildman–Crippen MR) is 182 cm³/mol. The normalized spacial score (nSPS) is 43.0. The van der Waals surface area contributed by atoms with Gasteiger partial charge in [-0.2, -0.15) is 0 Å². The van der Waals surface area contributed by atoms with Gasteiger partial charge in [0.25, 0.3) is 0 Å². The van der Waals surface area contributed by atoms with Gasteiger partial charge in [0.2, 0.25) is 0 Å². The van der Waals surface area contributed by atoms with E-state index in [2.05, 4.69) is 32.7 Å². The Balaban J connectivity index is 2.23. The summed E-state index contributed by atoms with van der Waals surface area (Å²) in [7, 11) is 5.91. The first-order chi connectivity index (χ1) is 22.2. The van der Waals surface area contributed by atoms with Gasteiger partial charge >= 0.3 is 11.9 Å². The largest absolute Gasteiger partial charge is 0.459 e. The number of rotatable bonds is 5. The van der Waals surface area contributed by atoms with Crippen LogP contribution in [0.3, 0.4) is 0 Å². The first-order valence-corrected chi connectivity index (χ1v) is 18.1. The van der Waals surface area contributed by atoms with Crippen LogP contribution in [-0.4, -0.2) is 114 Å². The first kappa shape index (κ1) is 40.5. The van der Waals surface area contributed by atoms with Gasteiger partial charge in [0, 0.05) is 38.3 Å². The van der Waals surface area contributed by atoms with E-state index in [-0.39, 0.29) is 54.4 Å². The number of aliphatic hydroxyl groups is 1. The van der Waals surface area contributed by atoms with Crippen LogP contribution in [0.2, 0.25) is 0 Å². The number of likely N-dealkylation sites (N-methyl/N-ethyl adjacent to an activating group) is 1. The summed E-state index contributed by atoms with van der Waals surface area (Å²) in [6.07, 6.45) is -0.646. The molecule has 0 aromatic carbocycles. The maximum absolute atomic E-state index is 14.3. The van der Waals surface area contributed by atoms with Crippen molar-refractivity contribution in [1.82, 2.24) is 9.80 Å². The zero-order valence-electron chi connectivity index (χ0n) is 31.6. The number of hydrogen-bond donors (Lipinski definition) is 1. The third-order valence-corrected chi connectivity index (χ3v) is 11.7. The summed E-state index contributed by atoms with van der Waals surface area (Å²) in [6.45, 7) is 17.1. The zero-order valence-corrected chi connectivity index (χ0v) is 31.6. The van der Waals surface area contributed by atoms with Gasteiger partial charge in [0.05, 0.1) is 18.2 Å². The lowest BCUT2D eigenvalue weighted by molar-refractivity contribution is -0.290. The van der Waals surface area contributed by atoms with Gasteiger partial charge in [-0.25, -0.2) is 0 Å². The Bertz CT molecular complexity index is 1140. The average molecular weight is 681 g/mol. The zero-order chi connectivity index (χ0) is 36.3. The number of hydrogen-bond acceptors (Lipinski definition) is 11. The summed E-state index contributed by atoms with van der Waals surface area (Å²) in [6, 6.07) is -0.188. The van der Waals surface area contributed by atoms with E-state index < -0.39 is 59.4 Å². The number of fused-ring (bicyclic) bond motifs is 15. The van der Waals surface area contributed by atoms with E-state index in [0.29, 0.717) is 38.6 Å². The molecule has 4 heterocycles. The number of carbonyl (C=O) groups excluding carboxylic acids is 4. The van der Waals surface area contributed by atoms with E-state index >= 15 is 0 Å². The molecular formula is C37H64N2O9. The molecule has 4 rings (SSSR count). The maximum Gasteiger partial charge on any atom is 0.316 e. The lowest BCUT2D eigenvalue weighted by Gasteiger charge is -2.49. The molecule has 0 radical (unpaired) electrons. The summed E-state index contributed by atoms with van der Waals surface area (Å²) in [4.78, 5) is 58.3. The molecule has 0 aliphatic carbocycles. The van der Waals surface area contributed by atoms with Crippen LogP contribution >= 0.6 is 0 Å². The number of ether oxygens (including phenoxy) is 4. The third kappa shape index (κ3) is 9.24. The number of esters is 2. The van der Waals surface area contributed by atoms with Crippen LogP contribution in [0.15, 0.2) is 0 Å². The second kappa shape index (κ2) is 16.4. The van der Waals surface area contributed by atoms with Crippen LogP contribution in [0.25, 0.3) is 0 Å². The van der Waals surface area contributed by atoms with Gasteiger partial charge < -0.3 is 33.9 Å². The number of nitrogens with zero attached hydrogens (tertiary/aromatic N) is 2. The molecule has 4 aliphatic heterocycles. The Morgan fingerprint density at radius 2 is 1.73 bits per heavy atom. The minimum absolute atomic E-state index is 0.0124. The minimum atomic E-state index is -1.42. The first-order valence-electron chi connectivity index (χ1n) is 18.1. The average Bonchev–Trinajstić information content (AvgIpc) is 2.99. The number of Topliss-reactive ketones (excluding diaryl/α,β-unsaturated/α-hetero) is 2. The van der Waals surface area contributed by atoms with Crippen molar-refractivity contribution in [1.29, 1.82) is 0 Å². The van der Waals surface area contributed by atoms with Gasteiger partial charge in [-0.15, -0.1) is 0 Å². The van der Waals surface area contributed by atoms with Crippen LogP contribution in [0, 0.1) is 29.1 Å². The van der Waals surface area contributed by atoms with Crippen LogP contribution in [0.1, 0.15) is 107 Å². The molecule has 4 aliphatic rings. The van der Waals surface area contributed by atoms with Gasteiger partial charge in [-0.3, -0.25) is 19.2 Å². The molecule has 0 spiro atoms. The van der Waals surface area contributed by atoms with E-state index in [1.165, 1.54) is 6.92 Å². The molecule has 11 nitrogen and oxygen atoms in total. The van der Waals surface area contributed by atoms with Crippen molar-refractivity contribution in [2.45, 2.75) is 156 Å². The number of ketones is 2. The summed E-state index contributed by atoms with van der Waals surface area (Å²) < 4.78 is 25.2. The second-order valence-corrected chi connectivity index (χ2v) is 16.0. The summed E-state index contributed by atoms with van der Waals surface area (Å²) in [5, 5.41) is 12.1. The molecule has 4 saturated heterocycles. The molecule has 1 N–H and O–H groups in total. The Kier molecular flexibility index (Phi) is 13.8. The smallest absolute Gasteiger partial charge is 0.316 e. The second-order valence-electron chi connectivity index (χ2n) is 16.0. The highest BCUT2D eigenvalue weighted by Gasteiger charge is 2.51. The van der Waals surface area contributed by atoms with Crippen LogP contribution in [-0.2, 0) is 38.1 Å². The topological polar surface area (TPSA) is 132 Å². The van der Waals surface area contributed by atoms with Crippen molar-refractivity contribution in [2.24, 2.45) is 29.1 Å². The van der Waals surface area contributed by atoms with Crippen molar-refractivity contribution in [3.8, 4) is 0 Å². The van der Waals surface area contributed by atoms with Gasteiger partial charge in [-0.1, -0.05) is 27.7 Å². The lowest BCUT2D eigenvalue weighted by Crippen LogP contribution is -2.58. The summed E-state index contributed by atoms with van der Waals surface area (Å²) in [5.74, 6) is -3.72. The van der Waals surface area contributed by atoms with Crippen molar-refractivity contribution >= 4 is 23.5 Å². The van der Waals surface area contributed by atoms with Crippen molar-refractivity contribution < 1.29 is 43.2 Å². The fraction of sp³-hybridized carbons (Fsp3) is 0.892. The molecule has 0 aromatic rings. The van der Waals surface area contributed by atoms with Gasteiger partial charge in [-0.05, 0) is 98.2 Å².